The van der Waals surface area contributed by atoms with E-state index in [1.165, 1.54) is 0 Å². The van der Waals surface area contributed by atoms with Crippen molar-refractivity contribution in [3.8, 4) is 6.07 Å². The van der Waals surface area contributed by atoms with E-state index in [0.717, 1.165) is 0 Å². The molecule has 104 valence electrons. The zero-order valence-corrected chi connectivity index (χ0v) is 12.5. The highest BCUT2D eigenvalue weighted by molar-refractivity contribution is 6.37. The third-order valence-corrected chi connectivity index (χ3v) is 4.51. The summed E-state index contributed by atoms with van der Waals surface area (Å²) in [5, 5.41) is 19.2. The highest BCUT2D eigenvalue weighted by Crippen LogP contribution is 2.59. The molecule has 2 unspecified atom stereocenters. The number of carboxylic acids is 1. The Balaban J connectivity index is 2.43. The molecule has 1 aliphatic carbocycles. The lowest BCUT2D eigenvalue weighted by Crippen LogP contribution is -2.03. The zero-order valence-electron chi connectivity index (χ0n) is 11.0. The van der Waals surface area contributed by atoms with E-state index in [0.29, 0.717) is 21.2 Å². The Morgan fingerprint density at radius 3 is 2.35 bits per heavy atom. The first-order valence-electron chi connectivity index (χ1n) is 6.09. The second-order valence-electron chi connectivity index (χ2n) is 5.45. The average molecular weight is 310 g/mol. The zero-order chi connectivity index (χ0) is 15.1. The van der Waals surface area contributed by atoms with Crippen molar-refractivity contribution in [2.24, 2.45) is 17.3 Å². The van der Waals surface area contributed by atoms with Crippen LogP contribution < -0.4 is 0 Å². The van der Waals surface area contributed by atoms with Gasteiger partial charge in [-0.25, -0.2) is 0 Å². The van der Waals surface area contributed by atoms with Gasteiger partial charge in [0.2, 0.25) is 0 Å². The van der Waals surface area contributed by atoms with Crippen LogP contribution in [0.1, 0.15) is 19.4 Å². The number of hydrogen-bond donors (Lipinski definition) is 1. The molecule has 0 heterocycles. The first-order valence-corrected chi connectivity index (χ1v) is 6.85. The minimum absolute atomic E-state index is 0.193. The Morgan fingerprint density at radius 2 is 1.95 bits per heavy atom. The van der Waals surface area contributed by atoms with Gasteiger partial charge in [0, 0.05) is 5.56 Å². The Kier molecular flexibility index (Phi) is 3.82. The number of hydrogen-bond acceptors (Lipinski definition) is 2. The van der Waals surface area contributed by atoms with Crippen molar-refractivity contribution >= 4 is 34.7 Å². The highest BCUT2D eigenvalue weighted by Gasteiger charge is 2.61. The van der Waals surface area contributed by atoms with E-state index >= 15 is 0 Å². The fourth-order valence-electron chi connectivity index (χ4n) is 2.57. The molecule has 1 N–H and O–H groups in total. The van der Waals surface area contributed by atoms with Crippen molar-refractivity contribution in [3.05, 3.63) is 39.9 Å². The molecule has 1 saturated carbocycles. The number of nitriles is 1. The summed E-state index contributed by atoms with van der Waals surface area (Å²) >= 11 is 12.2. The van der Waals surface area contributed by atoms with Crippen LogP contribution in [-0.2, 0) is 4.79 Å². The summed E-state index contributed by atoms with van der Waals surface area (Å²) in [6, 6.07) is 7.07. The maximum Gasteiger partial charge on any atom is 0.307 e. The molecular weight excluding hydrogens is 297 g/mol. The Labute approximate surface area is 127 Å². The second kappa shape index (κ2) is 5.12. The van der Waals surface area contributed by atoms with Gasteiger partial charge in [0.15, 0.2) is 0 Å². The van der Waals surface area contributed by atoms with Crippen molar-refractivity contribution in [1.82, 2.24) is 0 Å². The monoisotopic (exact) mass is 309 g/mol. The summed E-state index contributed by atoms with van der Waals surface area (Å²) < 4.78 is 0. The van der Waals surface area contributed by atoms with E-state index in [1.54, 1.807) is 24.3 Å². The molecule has 5 heteroatoms. The second-order valence-corrected chi connectivity index (χ2v) is 6.27. The van der Waals surface area contributed by atoms with Crippen molar-refractivity contribution in [2.45, 2.75) is 13.8 Å². The summed E-state index contributed by atoms with van der Waals surface area (Å²) in [6.45, 7) is 3.74. The van der Waals surface area contributed by atoms with Crippen LogP contribution >= 0.6 is 23.2 Å². The van der Waals surface area contributed by atoms with Crippen molar-refractivity contribution < 1.29 is 9.90 Å². The molecule has 2 atom stereocenters. The fourth-order valence-corrected chi connectivity index (χ4v) is 3.17. The lowest BCUT2D eigenvalue weighted by Gasteiger charge is -2.05. The maximum absolute atomic E-state index is 11.2. The van der Waals surface area contributed by atoms with Crippen LogP contribution in [0.25, 0.3) is 5.57 Å². The highest BCUT2D eigenvalue weighted by atomic mass is 35.5. The number of carboxylic acid groups (broad SMARTS) is 1. The third kappa shape index (κ3) is 2.42. The van der Waals surface area contributed by atoms with Crippen molar-refractivity contribution in [3.63, 3.8) is 0 Å². The summed E-state index contributed by atoms with van der Waals surface area (Å²) in [4.78, 5) is 11.2. The molecule has 3 nitrogen and oxygen atoms in total. The number of rotatable bonds is 3. The molecule has 20 heavy (non-hydrogen) atoms. The molecule has 0 aliphatic heterocycles. The smallest absolute Gasteiger partial charge is 0.307 e. The van der Waals surface area contributed by atoms with E-state index < -0.39 is 11.9 Å². The number of nitrogens with zero attached hydrogens (tertiary/aromatic N) is 1. The van der Waals surface area contributed by atoms with Crippen LogP contribution in [0, 0.1) is 28.6 Å². The van der Waals surface area contributed by atoms with E-state index in [4.69, 9.17) is 28.3 Å². The van der Waals surface area contributed by atoms with Gasteiger partial charge in [-0.3, -0.25) is 4.79 Å². The fraction of sp³-hybridized carbons (Fsp3) is 0.333. The first-order chi connectivity index (χ1) is 9.30. The number of allylic oxidation sites excluding steroid dienone is 2. The molecule has 0 spiro atoms. The van der Waals surface area contributed by atoms with Crippen LogP contribution in [0.2, 0.25) is 10.0 Å². The molecule has 1 aromatic carbocycles. The predicted molar refractivity (Wildman–Crippen MR) is 78.4 cm³/mol. The molecule has 1 aliphatic rings. The summed E-state index contributed by atoms with van der Waals surface area (Å²) in [7, 11) is 0. The SMILES string of the molecule is CC1(C)C(C=C(C#N)c2c(Cl)cccc2Cl)C1C(=O)O. The van der Waals surface area contributed by atoms with E-state index in [2.05, 4.69) is 6.07 Å². The largest absolute Gasteiger partial charge is 0.481 e. The molecule has 0 radical (unpaired) electrons. The van der Waals surface area contributed by atoms with Gasteiger partial charge in [0.05, 0.1) is 27.6 Å². The van der Waals surface area contributed by atoms with Gasteiger partial charge in [0.1, 0.15) is 0 Å². The number of benzene rings is 1. The molecule has 0 bridgehead atoms. The predicted octanol–water partition coefficient (Wildman–Crippen LogP) is 4.26. The summed E-state index contributed by atoms with van der Waals surface area (Å²) in [5.74, 6) is -1.52. The van der Waals surface area contributed by atoms with Gasteiger partial charge >= 0.3 is 5.97 Å². The molecule has 0 amide bonds. The molecular formula is C15H13Cl2NO2. The van der Waals surface area contributed by atoms with Crippen LogP contribution in [0.4, 0.5) is 0 Å². The molecule has 1 fully saturated rings. The third-order valence-electron chi connectivity index (χ3n) is 3.88. The maximum atomic E-state index is 11.2. The van der Waals surface area contributed by atoms with E-state index in [9.17, 15) is 10.1 Å². The minimum atomic E-state index is -0.848. The van der Waals surface area contributed by atoms with Crippen LogP contribution in [-0.4, -0.2) is 11.1 Å². The normalized spacial score (nSPS) is 24.1. The quantitative estimate of drug-likeness (QED) is 0.849. The number of halogens is 2. The van der Waals surface area contributed by atoms with E-state index in [1.807, 2.05) is 13.8 Å². The van der Waals surface area contributed by atoms with Gasteiger partial charge in [0.25, 0.3) is 0 Å². The van der Waals surface area contributed by atoms with Gasteiger partial charge in [-0.1, -0.05) is 49.2 Å². The van der Waals surface area contributed by atoms with Crippen molar-refractivity contribution in [2.75, 3.05) is 0 Å². The topological polar surface area (TPSA) is 61.1 Å². The average Bonchev–Trinajstić information content (AvgIpc) is 2.89. The number of aliphatic carboxylic acids is 1. The summed E-state index contributed by atoms with van der Waals surface area (Å²) in [5.41, 5.74) is 0.425. The standard InChI is InChI=1S/C15H13Cl2NO2/c1-15(2)9(13(15)14(19)20)6-8(7-18)12-10(16)4-3-5-11(12)17/h3-6,9,13H,1-2H3,(H,19,20). The Hall–Kier alpha value is -1.50. The van der Waals surface area contributed by atoms with Gasteiger partial charge in [-0.05, 0) is 23.5 Å². The first kappa shape index (κ1) is 14.9. The molecule has 0 aromatic heterocycles. The lowest BCUT2D eigenvalue weighted by molar-refractivity contribution is -0.139. The van der Waals surface area contributed by atoms with E-state index in [-0.39, 0.29) is 11.3 Å². The molecule has 1 aromatic rings. The van der Waals surface area contributed by atoms with Crippen molar-refractivity contribution in [1.29, 1.82) is 5.26 Å². The molecule has 0 saturated heterocycles. The van der Waals surface area contributed by atoms with Crippen LogP contribution in [0.3, 0.4) is 0 Å². The van der Waals surface area contributed by atoms with Crippen LogP contribution in [0.15, 0.2) is 24.3 Å². The molecule has 2 rings (SSSR count). The summed E-state index contributed by atoms with van der Waals surface area (Å²) in [6.07, 6.45) is 1.67. The van der Waals surface area contributed by atoms with Gasteiger partial charge in [-0.15, -0.1) is 0 Å². The van der Waals surface area contributed by atoms with Gasteiger partial charge < -0.3 is 5.11 Å². The Morgan fingerprint density at radius 1 is 1.40 bits per heavy atom. The van der Waals surface area contributed by atoms with Crippen LogP contribution in [0.5, 0.6) is 0 Å². The minimum Gasteiger partial charge on any atom is -0.481 e. The van der Waals surface area contributed by atoms with Gasteiger partial charge in [-0.2, -0.15) is 5.26 Å². The Bertz CT molecular complexity index is 624. The number of carbonyl (C=O) groups is 1. The lowest BCUT2D eigenvalue weighted by atomic mass is 10.0.